The van der Waals surface area contributed by atoms with E-state index in [9.17, 15) is 8.42 Å². The summed E-state index contributed by atoms with van der Waals surface area (Å²) in [6.45, 7) is 7.68. The van der Waals surface area contributed by atoms with Crippen LogP contribution < -0.4 is 5.32 Å². The maximum Gasteiger partial charge on any atom is 0.156 e. The van der Waals surface area contributed by atoms with Crippen molar-refractivity contribution >= 4 is 9.84 Å². The van der Waals surface area contributed by atoms with E-state index >= 15 is 0 Å². The van der Waals surface area contributed by atoms with Crippen molar-refractivity contribution in [3.8, 4) is 0 Å². The second kappa shape index (κ2) is 5.67. The molecule has 0 aromatic heterocycles. The van der Waals surface area contributed by atoms with E-state index in [1.54, 1.807) is 20.8 Å². The molecule has 0 amide bonds. The van der Waals surface area contributed by atoms with Gasteiger partial charge >= 0.3 is 0 Å². The minimum Gasteiger partial charge on any atom is -0.314 e. The Morgan fingerprint density at radius 1 is 1.24 bits per heavy atom. The summed E-state index contributed by atoms with van der Waals surface area (Å²) in [7, 11) is -0.848. The molecule has 0 atom stereocenters. The second-order valence-electron chi connectivity index (χ2n) is 5.89. The van der Waals surface area contributed by atoms with Crippen LogP contribution in [0.3, 0.4) is 0 Å². The molecule has 1 N–H and O–H groups in total. The van der Waals surface area contributed by atoms with Crippen LogP contribution in [0.5, 0.6) is 0 Å². The molecule has 0 bridgehead atoms. The molecule has 0 aliphatic heterocycles. The van der Waals surface area contributed by atoms with Crippen molar-refractivity contribution in [1.29, 1.82) is 0 Å². The number of likely N-dealkylation sites (N-methyl/N-ethyl adjacent to an activating group) is 1. The number of sulfone groups is 1. The summed E-state index contributed by atoms with van der Waals surface area (Å²) >= 11 is 0. The molecule has 0 aromatic rings. The number of hydrogen-bond acceptors (Lipinski definition) is 4. The summed E-state index contributed by atoms with van der Waals surface area (Å²) in [6, 6.07) is 0.773. The SMILES string of the molecule is CN(CCNCCS(=O)(=O)C(C)(C)C)C1CC1. The van der Waals surface area contributed by atoms with Gasteiger partial charge in [0.15, 0.2) is 9.84 Å². The molecule has 0 unspecified atom stereocenters. The molecular weight excluding hydrogens is 236 g/mol. The van der Waals surface area contributed by atoms with E-state index in [1.807, 2.05) is 0 Å². The van der Waals surface area contributed by atoms with Gasteiger partial charge in [-0.25, -0.2) is 8.42 Å². The number of nitrogens with one attached hydrogen (secondary N) is 1. The van der Waals surface area contributed by atoms with E-state index < -0.39 is 14.6 Å². The third-order valence-electron chi connectivity index (χ3n) is 3.29. The van der Waals surface area contributed by atoms with Crippen molar-refractivity contribution in [1.82, 2.24) is 10.2 Å². The maximum absolute atomic E-state index is 11.8. The summed E-state index contributed by atoms with van der Waals surface area (Å²) in [4.78, 5) is 2.34. The van der Waals surface area contributed by atoms with Crippen LogP contribution in [0.4, 0.5) is 0 Å². The Kier molecular flexibility index (Phi) is 4.98. The van der Waals surface area contributed by atoms with E-state index in [4.69, 9.17) is 0 Å². The van der Waals surface area contributed by atoms with E-state index in [0.717, 1.165) is 19.1 Å². The minimum atomic E-state index is -2.98. The molecule has 5 heteroatoms. The molecule has 0 heterocycles. The average Bonchev–Trinajstić information content (AvgIpc) is 2.97. The third-order valence-corrected chi connectivity index (χ3v) is 5.90. The third kappa shape index (κ3) is 4.94. The molecular formula is C12H26N2O2S. The van der Waals surface area contributed by atoms with Crippen molar-refractivity contribution in [3.63, 3.8) is 0 Å². The van der Waals surface area contributed by atoms with Gasteiger partial charge in [0.05, 0.1) is 10.5 Å². The molecule has 0 radical (unpaired) electrons. The summed E-state index contributed by atoms with van der Waals surface area (Å²) in [5.41, 5.74) is 0. The number of rotatable bonds is 7. The molecule has 102 valence electrons. The average molecular weight is 262 g/mol. The number of hydrogen-bond donors (Lipinski definition) is 1. The fourth-order valence-corrected chi connectivity index (χ4v) is 2.62. The topological polar surface area (TPSA) is 49.4 Å². The molecule has 17 heavy (non-hydrogen) atoms. The highest BCUT2D eigenvalue weighted by molar-refractivity contribution is 7.92. The molecule has 0 saturated heterocycles. The summed E-state index contributed by atoms with van der Waals surface area (Å²) in [5, 5.41) is 3.21. The Hall–Kier alpha value is -0.130. The lowest BCUT2D eigenvalue weighted by Gasteiger charge is -2.20. The lowest BCUT2D eigenvalue weighted by Crippen LogP contribution is -2.37. The monoisotopic (exact) mass is 262 g/mol. The Morgan fingerprint density at radius 3 is 2.29 bits per heavy atom. The Bertz CT molecular complexity index is 329. The number of nitrogens with zero attached hydrogens (tertiary/aromatic N) is 1. The standard InChI is InChI=1S/C12H26N2O2S/c1-12(2,3)17(15,16)10-8-13-7-9-14(4)11-5-6-11/h11,13H,5-10H2,1-4H3. The minimum absolute atomic E-state index is 0.226. The highest BCUT2D eigenvalue weighted by Crippen LogP contribution is 2.24. The highest BCUT2D eigenvalue weighted by Gasteiger charge is 2.28. The first kappa shape index (κ1) is 14.9. The lowest BCUT2D eigenvalue weighted by atomic mass is 10.3. The molecule has 0 aromatic carbocycles. The zero-order valence-electron chi connectivity index (χ0n) is 11.5. The quantitative estimate of drug-likeness (QED) is 0.692. The second-order valence-corrected chi connectivity index (χ2v) is 8.76. The smallest absolute Gasteiger partial charge is 0.156 e. The van der Waals surface area contributed by atoms with E-state index in [0.29, 0.717) is 6.54 Å². The molecule has 1 aliphatic carbocycles. The van der Waals surface area contributed by atoms with Crippen LogP contribution in [0.25, 0.3) is 0 Å². The largest absolute Gasteiger partial charge is 0.314 e. The predicted molar refractivity (Wildman–Crippen MR) is 72.1 cm³/mol. The van der Waals surface area contributed by atoms with Gasteiger partial charge in [-0.1, -0.05) is 0 Å². The van der Waals surface area contributed by atoms with Gasteiger partial charge in [0.25, 0.3) is 0 Å². The molecule has 4 nitrogen and oxygen atoms in total. The van der Waals surface area contributed by atoms with Crippen molar-refractivity contribution in [2.45, 2.75) is 44.4 Å². The molecule has 1 rings (SSSR count). The van der Waals surface area contributed by atoms with Gasteiger partial charge in [-0.15, -0.1) is 0 Å². The molecule has 1 fully saturated rings. The summed E-state index contributed by atoms with van der Waals surface area (Å²) < 4.78 is 23.0. The lowest BCUT2D eigenvalue weighted by molar-refractivity contribution is 0.323. The van der Waals surface area contributed by atoms with Crippen LogP contribution in [-0.2, 0) is 9.84 Å². The Balaban J connectivity index is 2.11. The van der Waals surface area contributed by atoms with Gasteiger partial charge in [-0.05, 0) is 40.7 Å². The summed E-state index contributed by atoms with van der Waals surface area (Å²) in [5.74, 6) is 0.226. The van der Waals surface area contributed by atoms with Gasteiger partial charge in [0.1, 0.15) is 0 Å². The van der Waals surface area contributed by atoms with Crippen LogP contribution in [0, 0.1) is 0 Å². The zero-order chi connectivity index (χ0) is 13.1. The highest BCUT2D eigenvalue weighted by atomic mass is 32.2. The van der Waals surface area contributed by atoms with E-state index in [1.165, 1.54) is 12.8 Å². The molecule has 1 saturated carbocycles. The van der Waals surface area contributed by atoms with E-state index in [-0.39, 0.29) is 5.75 Å². The first-order chi connectivity index (χ1) is 7.74. The van der Waals surface area contributed by atoms with Crippen molar-refractivity contribution < 1.29 is 8.42 Å². The van der Waals surface area contributed by atoms with Crippen LogP contribution >= 0.6 is 0 Å². The van der Waals surface area contributed by atoms with Crippen molar-refractivity contribution in [2.75, 3.05) is 32.4 Å². The van der Waals surface area contributed by atoms with E-state index in [2.05, 4.69) is 17.3 Å². The van der Waals surface area contributed by atoms with Crippen LogP contribution in [0.1, 0.15) is 33.6 Å². The fraction of sp³-hybridized carbons (Fsp3) is 1.00. The predicted octanol–water partition coefficient (Wildman–Crippen LogP) is 0.884. The van der Waals surface area contributed by atoms with Gasteiger partial charge in [-0.2, -0.15) is 0 Å². The molecule has 1 aliphatic rings. The summed E-state index contributed by atoms with van der Waals surface area (Å²) in [6.07, 6.45) is 2.63. The van der Waals surface area contributed by atoms with Crippen LogP contribution in [0.2, 0.25) is 0 Å². The Morgan fingerprint density at radius 2 is 1.82 bits per heavy atom. The van der Waals surface area contributed by atoms with Crippen LogP contribution in [0.15, 0.2) is 0 Å². The normalized spacial score (nSPS) is 17.7. The van der Waals surface area contributed by atoms with Gasteiger partial charge < -0.3 is 10.2 Å². The van der Waals surface area contributed by atoms with Crippen LogP contribution in [-0.4, -0.2) is 56.5 Å². The zero-order valence-corrected chi connectivity index (χ0v) is 12.3. The molecule has 0 spiro atoms. The van der Waals surface area contributed by atoms with Crippen molar-refractivity contribution in [3.05, 3.63) is 0 Å². The first-order valence-corrected chi connectivity index (χ1v) is 8.02. The van der Waals surface area contributed by atoms with Gasteiger partial charge in [-0.3, -0.25) is 0 Å². The van der Waals surface area contributed by atoms with Gasteiger partial charge in [0.2, 0.25) is 0 Å². The maximum atomic E-state index is 11.8. The Labute approximate surface area is 106 Å². The van der Waals surface area contributed by atoms with Gasteiger partial charge in [0, 0.05) is 25.7 Å². The fourth-order valence-electron chi connectivity index (χ4n) is 1.59. The first-order valence-electron chi connectivity index (χ1n) is 6.37. The van der Waals surface area contributed by atoms with Crippen molar-refractivity contribution in [2.24, 2.45) is 0 Å².